The zero-order valence-electron chi connectivity index (χ0n) is 14.0. The number of aliphatic hydroxyl groups is 1. The van der Waals surface area contributed by atoms with Crippen molar-refractivity contribution in [2.24, 2.45) is 5.92 Å². The number of para-hydroxylation sites is 1. The molecule has 0 aliphatic carbocycles. The van der Waals surface area contributed by atoms with Gasteiger partial charge in [0.1, 0.15) is 4.88 Å². The second kappa shape index (κ2) is 9.75. The maximum atomic E-state index is 12.4. The van der Waals surface area contributed by atoms with Crippen molar-refractivity contribution in [1.29, 1.82) is 0 Å². The number of carbonyl (C=O) groups excluding carboxylic acids is 1. The van der Waals surface area contributed by atoms with E-state index in [-0.39, 0.29) is 26.0 Å². The standard InChI is InChI=1S/C17H22ClN3O2S.CH4/c1-10(2)7-12(9-22)20-17-19-8-14(24-17)16(23)21-15-11(3)5-4-6-13(15)18;/h4-6,8,10,12,22H,7,9H2,1-3H3,(H,19,20)(H,21,23);1H4/t12-;/m1./s1. The highest BCUT2D eigenvalue weighted by atomic mass is 35.5. The number of aromatic nitrogens is 1. The number of carbonyl (C=O) groups is 1. The molecule has 25 heavy (non-hydrogen) atoms. The van der Waals surface area contributed by atoms with Gasteiger partial charge in [-0.05, 0) is 30.9 Å². The van der Waals surface area contributed by atoms with E-state index in [1.165, 1.54) is 17.5 Å². The Hall–Kier alpha value is -1.63. The lowest BCUT2D eigenvalue weighted by Gasteiger charge is -2.17. The Morgan fingerprint density at radius 2 is 2.12 bits per heavy atom. The van der Waals surface area contributed by atoms with Gasteiger partial charge in [-0.2, -0.15) is 0 Å². The number of thiazole rings is 1. The van der Waals surface area contributed by atoms with Crippen LogP contribution in [0.5, 0.6) is 0 Å². The first kappa shape index (κ1) is 21.4. The molecule has 7 heteroatoms. The number of rotatable bonds is 7. The van der Waals surface area contributed by atoms with Gasteiger partial charge >= 0.3 is 0 Å². The number of halogens is 1. The van der Waals surface area contributed by atoms with E-state index in [1.54, 1.807) is 6.07 Å². The van der Waals surface area contributed by atoms with Gasteiger partial charge in [0, 0.05) is 0 Å². The predicted molar refractivity (Wildman–Crippen MR) is 107 cm³/mol. The molecule has 0 bridgehead atoms. The van der Waals surface area contributed by atoms with Gasteiger partial charge in [-0.3, -0.25) is 4.79 Å². The lowest BCUT2D eigenvalue weighted by Crippen LogP contribution is -2.25. The summed E-state index contributed by atoms with van der Waals surface area (Å²) in [5.74, 6) is 0.210. The maximum absolute atomic E-state index is 12.4. The summed E-state index contributed by atoms with van der Waals surface area (Å²) in [5, 5.41) is 16.6. The van der Waals surface area contributed by atoms with Gasteiger partial charge in [-0.15, -0.1) is 0 Å². The van der Waals surface area contributed by atoms with Crippen molar-refractivity contribution in [3.8, 4) is 0 Å². The molecule has 0 unspecified atom stereocenters. The molecule has 0 radical (unpaired) electrons. The van der Waals surface area contributed by atoms with Crippen LogP contribution in [0.2, 0.25) is 5.02 Å². The molecule has 0 spiro atoms. The number of anilines is 2. The van der Waals surface area contributed by atoms with Crippen molar-refractivity contribution < 1.29 is 9.90 Å². The lowest BCUT2D eigenvalue weighted by molar-refractivity contribution is 0.103. The van der Waals surface area contributed by atoms with Crippen LogP contribution in [0.15, 0.2) is 24.4 Å². The Bertz CT molecular complexity index is 683. The highest BCUT2D eigenvalue weighted by Crippen LogP contribution is 2.27. The van der Waals surface area contributed by atoms with Gasteiger partial charge in [0.2, 0.25) is 0 Å². The van der Waals surface area contributed by atoms with E-state index in [2.05, 4.69) is 29.5 Å². The number of aryl methyl sites for hydroxylation is 1. The summed E-state index contributed by atoms with van der Waals surface area (Å²) < 4.78 is 0. The number of nitrogens with zero attached hydrogens (tertiary/aromatic N) is 1. The van der Waals surface area contributed by atoms with Crippen molar-refractivity contribution in [3.63, 3.8) is 0 Å². The van der Waals surface area contributed by atoms with Crippen LogP contribution in [0.3, 0.4) is 0 Å². The molecule has 3 N–H and O–H groups in total. The third-order valence-electron chi connectivity index (χ3n) is 3.49. The van der Waals surface area contributed by atoms with E-state index in [1.807, 2.05) is 19.1 Å². The second-order valence-electron chi connectivity index (χ2n) is 6.07. The first-order valence-electron chi connectivity index (χ1n) is 7.80. The highest BCUT2D eigenvalue weighted by molar-refractivity contribution is 7.17. The van der Waals surface area contributed by atoms with E-state index in [9.17, 15) is 9.90 Å². The molecule has 1 heterocycles. The number of nitrogens with one attached hydrogen (secondary N) is 2. The molecular weight excluding hydrogens is 358 g/mol. The molecule has 1 atom stereocenters. The highest BCUT2D eigenvalue weighted by Gasteiger charge is 2.16. The van der Waals surface area contributed by atoms with Crippen molar-refractivity contribution in [1.82, 2.24) is 4.98 Å². The molecule has 0 saturated heterocycles. The van der Waals surface area contributed by atoms with Crippen LogP contribution < -0.4 is 10.6 Å². The van der Waals surface area contributed by atoms with Crippen LogP contribution in [-0.2, 0) is 0 Å². The van der Waals surface area contributed by atoms with E-state index in [4.69, 9.17) is 11.6 Å². The Balaban J connectivity index is 0.00000312. The Morgan fingerprint density at radius 1 is 1.40 bits per heavy atom. The number of aliphatic hydroxyl groups excluding tert-OH is 1. The zero-order valence-corrected chi connectivity index (χ0v) is 15.5. The van der Waals surface area contributed by atoms with E-state index >= 15 is 0 Å². The molecule has 1 amide bonds. The third kappa shape index (κ3) is 5.99. The van der Waals surface area contributed by atoms with Gasteiger partial charge < -0.3 is 15.7 Å². The molecule has 0 saturated carbocycles. The van der Waals surface area contributed by atoms with E-state index in [0.717, 1.165) is 12.0 Å². The predicted octanol–water partition coefficient (Wildman–Crippen LogP) is 4.81. The maximum Gasteiger partial charge on any atom is 0.267 e. The minimum Gasteiger partial charge on any atom is -0.394 e. The Kier molecular flexibility index (Phi) is 8.35. The fraction of sp³-hybridized carbons (Fsp3) is 0.444. The van der Waals surface area contributed by atoms with Gasteiger partial charge in [0.15, 0.2) is 5.13 Å². The molecule has 0 aliphatic heterocycles. The molecule has 1 aromatic heterocycles. The largest absolute Gasteiger partial charge is 0.394 e. The van der Waals surface area contributed by atoms with Crippen LogP contribution >= 0.6 is 22.9 Å². The topological polar surface area (TPSA) is 74.2 Å². The van der Waals surface area contributed by atoms with E-state index in [0.29, 0.717) is 26.6 Å². The molecule has 138 valence electrons. The summed E-state index contributed by atoms with van der Waals surface area (Å²) in [7, 11) is 0. The zero-order chi connectivity index (χ0) is 17.7. The van der Waals surface area contributed by atoms with Crippen molar-refractivity contribution in [3.05, 3.63) is 39.9 Å². The average Bonchev–Trinajstić information content (AvgIpc) is 2.98. The van der Waals surface area contributed by atoms with Crippen LogP contribution in [0, 0.1) is 12.8 Å². The number of amides is 1. The second-order valence-corrected chi connectivity index (χ2v) is 7.51. The van der Waals surface area contributed by atoms with Crippen LogP contribution in [0.1, 0.15) is 42.9 Å². The minimum atomic E-state index is -0.249. The summed E-state index contributed by atoms with van der Waals surface area (Å²) in [6, 6.07) is 5.39. The Labute approximate surface area is 158 Å². The molecular formula is C18H26ClN3O2S. The minimum absolute atomic E-state index is 0. The first-order valence-corrected chi connectivity index (χ1v) is 8.99. The summed E-state index contributed by atoms with van der Waals surface area (Å²) in [6.45, 7) is 6.10. The Morgan fingerprint density at radius 3 is 2.72 bits per heavy atom. The molecule has 5 nitrogen and oxygen atoms in total. The normalized spacial score (nSPS) is 11.8. The summed E-state index contributed by atoms with van der Waals surface area (Å²) in [4.78, 5) is 17.1. The number of hydrogen-bond acceptors (Lipinski definition) is 5. The van der Waals surface area contributed by atoms with Gasteiger partial charge in [-0.1, -0.05) is 56.3 Å². The molecule has 1 aromatic carbocycles. The molecule has 2 rings (SSSR count). The van der Waals surface area contributed by atoms with Crippen LogP contribution in [0.4, 0.5) is 10.8 Å². The molecule has 0 aliphatic rings. The van der Waals surface area contributed by atoms with Gasteiger partial charge in [-0.25, -0.2) is 4.98 Å². The summed E-state index contributed by atoms with van der Waals surface area (Å²) in [6.07, 6.45) is 2.36. The fourth-order valence-corrected chi connectivity index (χ4v) is 3.39. The quantitative estimate of drug-likeness (QED) is 0.641. The number of hydrogen-bond donors (Lipinski definition) is 3. The summed E-state index contributed by atoms with van der Waals surface area (Å²) >= 11 is 7.39. The number of benzene rings is 1. The lowest BCUT2D eigenvalue weighted by atomic mass is 10.1. The van der Waals surface area contributed by atoms with Gasteiger partial charge in [0.25, 0.3) is 5.91 Å². The average molecular weight is 384 g/mol. The third-order valence-corrected chi connectivity index (χ3v) is 4.74. The van der Waals surface area contributed by atoms with Crippen LogP contribution in [0.25, 0.3) is 0 Å². The van der Waals surface area contributed by atoms with Crippen molar-refractivity contribution in [2.75, 3.05) is 17.2 Å². The SMILES string of the molecule is C.Cc1cccc(Cl)c1NC(=O)c1cnc(N[C@@H](CO)CC(C)C)s1. The van der Waals surface area contributed by atoms with Crippen LogP contribution in [-0.4, -0.2) is 28.6 Å². The molecule has 0 fully saturated rings. The van der Waals surface area contributed by atoms with Crippen molar-refractivity contribution >= 4 is 39.7 Å². The van der Waals surface area contributed by atoms with Gasteiger partial charge in [0.05, 0.1) is 29.6 Å². The monoisotopic (exact) mass is 383 g/mol. The summed E-state index contributed by atoms with van der Waals surface area (Å²) in [5.41, 5.74) is 1.51. The smallest absolute Gasteiger partial charge is 0.267 e. The molecule has 2 aromatic rings. The van der Waals surface area contributed by atoms with Crippen molar-refractivity contribution in [2.45, 2.75) is 40.7 Å². The van der Waals surface area contributed by atoms with E-state index < -0.39 is 0 Å². The first-order chi connectivity index (χ1) is 11.4. The fourth-order valence-electron chi connectivity index (χ4n) is 2.33.